The minimum absolute atomic E-state index is 0.0928. The van der Waals surface area contributed by atoms with Crippen LogP contribution in [0.15, 0.2) is 5.38 Å². The lowest BCUT2D eigenvalue weighted by molar-refractivity contribution is -0.911. The number of carbonyl (C=O) groups excluding carboxylic acids is 3. The first-order chi connectivity index (χ1) is 11.5. The first kappa shape index (κ1) is 16.8. The van der Waals surface area contributed by atoms with Gasteiger partial charge in [-0.2, -0.15) is 0 Å². The summed E-state index contributed by atoms with van der Waals surface area (Å²) in [5.74, 6) is -0.0286. The molecule has 0 unspecified atom stereocenters. The van der Waals surface area contributed by atoms with Gasteiger partial charge < -0.3 is 15.1 Å². The lowest BCUT2D eigenvalue weighted by Gasteiger charge is -2.35. The molecule has 3 heterocycles. The van der Waals surface area contributed by atoms with E-state index >= 15 is 0 Å². The number of piperazine rings is 1. The Kier molecular flexibility index (Phi) is 5.10. The predicted molar refractivity (Wildman–Crippen MR) is 87.6 cm³/mol. The van der Waals surface area contributed by atoms with Gasteiger partial charge in [-0.05, 0) is 6.92 Å². The molecular formula is C15H22N5O3S+. The summed E-state index contributed by atoms with van der Waals surface area (Å²) in [4.78, 5) is 44.5. The largest absolute Gasteiger partial charge is 0.337 e. The number of urea groups is 1. The van der Waals surface area contributed by atoms with E-state index in [2.05, 4.69) is 10.3 Å². The molecule has 4 amide bonds. The van der Waals surface area contributed by atoms with Crippen LogP contribution in [0.2, 0.25) is 0 Å². The number of carbonyl (C=O) groups is 3. The third-order valence-corrected chi connectivity index (χ3v) is 5.30. The summed E-state index contributed by atoms with van der Waals surface area (Å²) in [6.07, 6.45) is 0.706. The molecule has 2 N–H and O–H groups in total. The van der Waals surface area contributed by atoms with Crippen LogP contribution < -0.4 is 10.2 Å². The molecule has 0 spiro atoms. The number of nitrogens with zero attached hydrogens (tertiary/aromatic N) is 3. The Morgan fingerprint density at radius 3 is 2.75 bits per heavy atom. The second-order valence-corrected chi connectivity index (χ2v) is 7.09. The summed E-state index contributed by atoms with van der Waals surface area (Å²) >= 11 is 1.51. The van der Waals surface area contributed by atoms with Gasteiger partial charge in [0.25, 0.3) is 0 Å². The van der Waals surface area contributed by atoms with Crippen LogP contribution in [-0.2, 0) is 16.0 Å². The van der Waals surface area contributed by atoms with Crippen molar-refractivity contribution < 1.29 is 19.3 Å². The molecule has 1 aromatic heterocycles. The Bertz CT molecular complexity index is 623. The van der Waals surface area contributed by atoms with Gasteiger partial charge in [0.2, 0.25) is 11.8 Å². The molecule has 0 atom stereocenters. The minimum Gasteiger partial charge on any atom is -0.337 e. The zero-order valence-corrected chi connectivity index (χ0v) is 14.5. The number of nitrogens with one attached hydrogen (secondary N) is 2. The number of aryl methyl sites for hydroxylation is 1. The van der Waals surface area contributed by atoms with Crippen molar-refractivity contribution in [1.29, 1.82) is 0 Å². The maximum atomic E-state index is 12.3. The second-order valence-electron chi connectivity index (χ2n) is 6.15. The van der Waals surface area contributed by atoms with Crippen molar-refractivity contribution in [2.75, 3.05) is 39.4 Å². The van der Waals surface area contributed by atoms with E-state index < -0.39 is 0 Å². The molecule has 2 fully saturated rings. The highest BCUT2D eigenvalue weighted by molar-refractivity contribution is 7.09. The minimum atomic E-state index is -0.309. The lowest BCUT2D eigenvalue weighted by atomic mass is 10.2. The number of imide groups is 1. The van der Waals surface area contributed by atoms with Crippen LogP contribution in [0.3, 0.4) is 0 Å². The van der Waals surface area contributed by atoms with Crippen molar-refractivity contribution in [3.05, 3.63) is 16.1 Å². The van der Waals surface area contributed by atoms with Crippen LogP contribution in [0.4, 0.5) is 4.79 Å². The number of amides is 4. The molecule has 3 rings (SSSR count). The number of quaternary nitrogens is 1. The third kappa shape index (κ3) is 3.90. The van der Waals surface area contributed by atoms with Gasteiger partial charge in [-0.1, -0.05) is 0 Å². The monoisotopic (exact) mass is 352 g/mol. The van der Waals surface area contributed by atoms with Gasteiger partial charge in [-0.25, -0.2) is 14.7 Å². The number of thiazole rings is 1. The van der Waals surface area contributed by atoms with Gasteiger partial charge in [-0.3, -0.25) is 9.59 Å². The highest BCUT2D eigenvalue weighted by Crippen LogP contribution is 2.10. The Morgan fingerprint density at radius 1 is 1.38 bits per heavy atom. The fourth-order valence-electron chi connectivity index (χ4n) is 2.96. The molecule has 1 aromatic rings. The number of rotatable bonds is 4. The van der Waals surface area contributed by atoms with Crippen molar-refractivity contribution in [1.82, 2.24) is 20.1 Å². The van der Waals surface area contributed by atoms with E-state index in [1.165, 1.54) is 16.2 Å². The quantitative estimate of drug-likeness (QED) is 0.699. The summed E-state index contributed by atoms with van der Waals surface area (Å²) in [6, 6.07) is -0.309. The predicted octanol–water partition coefficient (Wildman–Crippen LogP) is -1.38. The number of hydrogen-bond donors (Lipinski definition) is 2. The Hall–Kier alpha value is -2.00. The number of hydrogen-bond acceptors (Lipinski definition) is 5. The highest BCUT2D eigenvalue weighted by atomic mass is 32.1. The molecule has 0 radical (unpaired) electrons. The Balaban J connectivity index is 1.47. The van der Waals surface area contributed by atoms with E-state index in [9.17, 15) is 14.4 Å². The Labute approximate surface area is 144 Å². The van der Waals surface area contributed by atoms with E-state index in [1.54, 1.807) is 0 Å². The van der Waals surface area contributed by atoms with E-state index in [0.717, 1.165) is 28.7 Å². The smallest absolute Gasteiger partial charge is 0.328 e. The van der Waals surface area contributed by atoms with Crippen LogP contribution in [-0.4, -0.2) is 72.0 Å². The van der Waals surface area contributed by atoms with E-state index in [-0.39, 0.29) is 17.8 Å². The maximum Gasteiger partial charge on any atom is 0.328 e. The molecule has 8 nitrogen and oxygen atoms in total. The topological polar surface area (TPSA) is 87.0 Å². The highest BCUT2D eigenvalue weighted by Gasteiger charge is 2.31. The molecule has 0 bridgehead atoms. The lowest BCUT2D eigenvalue weighted by Crippen LogP contribution is -3.16. The first-order valence-corrected chi connectivity index (χ1v) is 9.01. The van der Waals surface area contributed by atoms with Gasteiger partial charge in [-0.15, -0.1) is 11.3 Å². The fraction of sp³-hybridized carbons (Fsp3) is 0.600. The SMILES string of the molecule is Cc1csc(CC(=O)N2CC[NH+](CN3C(=O)CCNC3=O)CC2)n1. The van der Waals surface area contributed by atoms with Crippen molar-refractivity contribution in [3.63, 3.8) is 0 Å². The van der Waals surface area contributed by atoms with Crippen LogP contribution in [0, 0.1) is 6.92 Å². The molecule has 0 aromatic carbocycles. The van der Waals surface area contributed by atoms with E-state index in [0.29, 0.717) is 39.1 Å². The van der Waals surface area contributed by atoms with Crippen LogP contribution in [0.25, 0.3) is 0 Å². The zero-order valence-electron chi connectivity index (χ0n) is 13.7. The molecular weight excluding hydrogens is 330 g/mol. The normalized spacial score (nSPS) is 19.5. The summed E-state index contributed by atoms with van der Waals surface area (Å²) in [6.45, 7) is 5.47. The standard InChI is InChI=1S/C15H21N5O3S/c1-11-9-24-12(17-11)8-14(22)19-6-4-18(5-7-19)10-20-13(21)2-3-16-15(20)23/h9H,2-8,10H2,1H3,(H,16,23)/p+1. The van der Waals surface area contributed by atoms with Crippen molar-refractivity contribution in [2.45, 2.75) is 19.8 Å². The Morgan fingerprint density at radius 2 is 2.12 bits per heavy atom. The molecule has 130 valence electrons. The maximum absolute atomic E-state index is 12.3. The zero-order chi connectivity index (χ0) is 17.1. The third-order valence-electron chi connectivity index (χ3n) is 4.34. The van der Waals surface area contributed by atoms with Gasteiger partial charge in [0.1, 0.15) is 5.01 Å². The van der Waals surface area contributed by atoms with Crippen LogP contribution in [0.1, 0.15) is 17.1 Å². The molecule has 0 saturated carbocycles. The van der Waals surface area contributed by atoms with Crippen LogP contribution in [0.5, 0.6) is 0 Å². The van der Waals surface area contributed by atoms with E-state index in [1.807, 2.05) is 17.2 Å². The van der Waals surface area contributed by atoms with Crippen molar-refractivity contribution in [3.8, 4) is 0 Å². The molecule has 2 aliphatic heterocycles. The summed E-state index contributed by atoms with van der Waals surface area (Å²) in [5.41, 5.74) is 0.946. The fourth-order valence-corrected chi connectivity index (χ4v) is 3.72. The molecule has 2 saturated heterocycles. The molecule has 2 aliphatic rings. The average molecular weight is 352 g/mol. The van der Waals surface area contributed by atoms with Gasteiger partial charge in [0.15, 0.2) is 6.67 Å². The van der Waals surface area contributed by atoms with Crippen LogP contribution >= 0.6 is 11.3 Å². The summed E-state index contributed by atoms with van der Waals surface area (Å²) < 4.78 is 0. The van der Waals surface area contributed by atoms with Gasteiger partial charge in [0.05, 0.1) is 32.6 Å². The first-order valence-electron chi connectivity index (χ1n) is 8.13. The molecule has 9 heteroatoms. The van der Waals surface area contributed by atoms with E-state index in [4.69, 9.17) is 0 Å². The van der Waals surface area contributed by atoms with Gasteiger partial charge in [0, 0.05) is 24.0 Å². The van der Waals surface area contributed by atoms with Crippen molar-refractivity contribution >= 4 is 29.2 Å². The average Bonchev–Trinajstić information content (AvgIpc) is 2.96. The van der Waals surface area contributed by atoms with Gasteiger partial charge >= 0.3 is 6.03 Å². The summed E-state index contributed by atoms with van der Waals surface area (Å²) in [7, 11) is 0. The molecule has 0 aliphatic carbocycles. The van der Waals surface area contributed by atoms with Crippen molar-refractivity contribution in [2.24, 2.45) is 0 Å². The molecule has 24 heavy (non-hydrogen) atoms. The second kappa shape index (κ2) is 7.27. The summed E-state index contributed by atoms with van der Waals surface area (Å²) in [5, 5.41) is 5.49. The number of aromatic nitrogens is 1.